The van der Waals surface area contributed by atoms with Crippen molar-refractivity contribution in [2.45, 2.75) is 52.6 Å². The number of piperidine rings is 1. The normalized spacial score (nSPS) is 23.3. The van der Waals surface area contributed by atoms with E-state index in [-0.39, 0.29) is 24.4 Å². The molecular weight excluding hydrogens is 336 g/mol. The first-order valence-corrected chi connectivity index (χ1v) is 9.13. The summed E-state index contributed by atoms with van der Waals surface area (Å²) in [5.74, 6) is -0.0593. The second kappa shape index (κ2) is 6.74. The lowest BCUT2D eigenvalue weighted by molar-refractivity contribution is -0.148. The molecule has 0 aromatic carbocycles. The summed E-state index contributed by atoms with van der Waals surface area (Å²) in [6.45, 7) is 7.19. The highest BCUT2D eigenvalue weighted by atomic mass is 16.2. The summed E-state index contributed by atoms with van der Waals surface area (Å²) in [4.78, 5) is 54.7. The number of aryl methyl sites for hydroxylation is 1. The number of H-pyrrole nitrogens is 1. The van der Waals surface area contributed by atoms with E-state index in [0.29, 0.717) is 25.1 Å². The van der Waals surface area contributed by atoms with Crippen LogP contribution in [0.25, 0.3) is 0 Å². The molecule has 0 saturated carbocycles. The Morgan fingerprint density at radius 1 is 1.23 bits per heavy atom. The standard InChI is InChI=1S/C18H26N4O4/c1-12(2)22-7-4-5-18(16(22)25)6-8-20(11-18)14(23)10-21-9-13(3)15(24)19-17(21)26/h9,12H,4-8,10-11H2,1-3H3,(H,19,24,26)/t18-/m1/s1. The molecule has 3 rings (SSSR count). The predicted molar refractivity (Wildman–Crippen MR) is 95.8 cm³/mol. The lowest BCUT2D eigenvalue weighted by Crippen LogP contribution is -2.52. The molecule has 8 nitrogen and oxygen atoms in total. The smallest absolute Gasteiger partial charge is 0.328 e. The van der Waals surface area contributed by atoms with Crippen LogP contribution in [0.2, 0.25) is 0 Å². The number of nitrogens with one attached hydrogen (secondary N) is 1. The Hall–Kier alpha value is -2.38. The number of amides is 2. The molecule has 26 heavy (non-hydrogen) atoms. The van der Waals surface area contributed by atoms with Crippen LogP contribution in [-0.4, -0.2) is 56.8 Å². The monoisotopic (exact) mass is 362 g/mol. The molecule has 3 heterocycles. The average Bonchev–Trinajstić information content (AvgIpc) is 3.00. The number of hydrogen-bond acceptors (Lipinski definition) is 4. The van der Waals surface area contributed by atoms with Crippen LogP contribution in [0.4, 0.5) is 0 Å². The van der Waals surface area contributed by atoms with Crippen LogP contribution in [0.15, 0.2) is 15.8 Å². The molecule has 1 spiro atoms. The third-order valence-corrected chi connectivity index (χ3v) is 5.59. The van der Waals surface area contributed by atoms with Crippen LogP contribution < -0.4 is 11.2 Å². The summed E-state index contributed by atoms with van der Waals surface area (Å²) in [5, 5.41) is 0. The molecular formula is C18H26N4O4. The summed E-state index contributed by atoms with van der Waals surface area (Å²) in [7, 11) is 0. The molecule has 8 heteroatoms. The minimum absolute atomic E-state index is 0.130. The lowest BCUT2D eigenvalue weighted by Gasteiger charge is -2.41. The highest BCUT2D eigenvalue weighted by Crippen LogP contribution is 2.40. The molecule has 2 aliphatic rings. The van der Waals surface area contributed by atoms with Gasteiger partial charge in [-0.05, 0) is 40.0 Å². The van der Waals surface area contributed by atoms with Crippen molar-refractivity contribution in [1.82, 2.24) is 19.4 Å². The van der Waals surface area contributed by atoms with Crippen molar-refractivity contribution in [3.63, 3.8) is 0 Å². The van der Waals surface area contributed by atoms with E-state index in [4.69, 9.17) is 0 Å². The fourth-order valence-corrected chi connectivity index (χ4v) is 4.04. The van der Waals surface area contributed by atoms with Crippen LogP contribution >= 0.6 is 0 Å². The Morgan fingerprint density at radius 3 is 2.65 bits per heavy atom. The summed E-state index contributed by atoms with van der Waals surface area (Å²) in [6.07, 6.45) is 3.82. The fourth-order valence-electron chi connectivity index (χ4n) is 4.04. The van der Waals surface area contributed by atoms with Gasteiger partial charge in [-0.25, -0.2) is 4.79 Å². The van der Waals surface area contributed by atoms with Gasteiger partial charge in [-0.2, -0.15) is 0 Å². The van der Waals surface area contributed by atoms with E-state index in [9.17, 15) is 19.2 Å². The van der Waals surface area contributed by atoms with Gasteiger partial charge in [-0.3, -0.25) is 23.9 Å². The number of hydrogen-bond donors (Lipinski definition) is 1. The number of rotatable bonds is 3. The van der Waals surface area contributed by atoms with E-state index in [1.165, 1.54) is 10.8 Å². The Morgan fingerprint density at radius 2 is 1.96 bits per heavy atom. The summed E-state index contributed by atoms with van der Waals surface area (Å²) >= 11 is 0. The van der Waals surface area contributed by atoms with Crippen LogP contribution in [-0.2, 0) is 16.1 Å². The molecule has 2 amide bonds. The quantitative estimate of drug-likeness (QED) is 0.825. The predicted octanol–water partition coefficient (Wildman–Crippen LogP) is 0.0945. The molecule has 0 unspecified atom stereocenters. The van der Waals surface area contributed by atoms with Gasteiger partial charge >= 0.3 is 5.69 Å². The van der Waals surface area contributed by atoms with E-state index in [2.05, 4.69) is 4.98 Å². The zero-order valence-corrected chi connectivity index (χ0v) is 15.6. The second-order valence-corrected chi connectivity index (χ2v) is 7.74. The maximum atomic E-state index is 12.9. The van der Waals surface area contributed by atoms with Crippen LogP contribution in [0.3, 0.4) is 0 Å². The number of aromatic amines is 1. The minimum atomic E-state index is -0.595. The first-order valence-electron chi connectivity index (χ1n) is 9.13. The summed E-state index contributed by atoms with van der Waals surface area (Å²) in [5.41, 5.74) is -1.14. The van der Waals surface area contributed by atoms with E-state index >= 15 is 0 Å². The first kappa shape index (κ1) is 18.4. The summed E-state index contributed by atoms with van der Waals surface area (Å²) < 4.78 is 1.22. The first-order chi connectivity index (χ1) is 12.2. The number of likely N-dealkylation sites (tertiary alicyclic amines) is 2. The van der Waals surface area contributed by atoms with Crippen molar-refractivity contribution in [2.24, 2.45) is 5.41 Å². The summed E-state index contributed by atoms with van der Waals surface area (Å²) in [6, 6.07) is 0.159. The van der Waals surface area contributed by atoms with Gasteiger partial charge in [0.05, 0.1) is 5.41 Å². The molecule has 1 atom stereocenters. The van der Waals surface area contributed by atoms with Crippen molar-refractivity contribution >= 4 is 11.8 Å². The molecule has 142 valence electrons. The van der Waals surface area contributed by atoms with Gasteiger partial charge in [0.25, 0.3) is 5.56 Å². The van der Waals surface area contributed by atoms with Crippen molar-refractivity contribution in [3.05, 3.63) is 32.6 Å². The molecule has 2 saturated heterocycles. The topological polar surface area (TPSA) is 95.5 Å². The molecule has 0 bridgehead atoms. The maximum Gasteiger partial charge on any atom is 0.328 e. The SMILES string of the molecule is Cc1cn(CC(=O)N2CC[C@]3(CCCN(C(C)C)C3=O)C2)c(=O)[nH]c1=O. The van der Waals surface area contributed by atoms with E-state index in [1.54, 1.807) is 11.8 Å². The third-order valence-electron chi connectivity index (χ3n) is 5.59. The van der Waals surface area contributed by atoms with E-state index in [0.717, 1.165) is 19.4 Å². The van der Waals surface area contributed by atoms with Crippen molar-refractivity contribution in [3.8, 4) is 0 Å². The van der Waals surface area contributed by atoms with Crippen LogP contribution in [0.5, 0.6) is 0 Å². The highest BCUT2D eigenvalue weighted by Gasteiger charge is 2.49. The molecule has 1 aromatic rings. The van der Waals surface area contributed by atoms with Gasteiger partial charge < -0.3 is 9.80 Å². The third kappa shape index (κ3) is 3.20. The lowest BCUT2D eigenvalue weighted by atomic mass is 9.78. The molecule has 2 fully saturated rings. The molecule has 0 radical (unpaired) electrons. The number of nitrogens with zero attached hydrogens (tertiary/aromatic N) is 3. The molecule has 2 aliphatic heterocycles. The van der Waals surface area contributed by atoms with E-state index in [1.807, 2.05) is 18.7 Å². The number of carbonyl (C=O) groups excluding carboxylic acids is 2. The van der Waals surface area contributed by atoms with Crippen LogP contribution in [0, 0.1) is 12.3 Å². The van der Waals surface area contributed by atoms with Crippen molar-refractivity contribution in [2.75, 3.05) is 19.6 Å². The zero-order valence-electron chi connectivity index (χ0n) is 15.6. The van der Waals surface area contributed by atoms with Crippen molar-refractivity contribution in [1.29, 1.82) is 0 Å². The van der Waals surface area contributed by atoms with Gasteiger partial charge in [0, 0.05) is 37.4 Å². The maximum absolute atomic E-state index is 12.9. The Kier molecular flexibility index (Phi) is 4.77. The van der Waals surface area contributed by atoms with E-state index < -0.39 is 16.7 Å². The second-order valence-electron chi connectivity index (χ2n) is 7.74. The minimum Gasteiger partial charge on any atom is -0.340 e. The van der Waals surface area contributed by atoms with Gasteiger partial charge in [-0.1, -0.05) is 0 Å². The van der Waals surface area contributed by atoms with Gasteiger partial charge in [0.1, 0.15) is 6.54 Å². The average molecular weight is 362 g/mol. The van der Waals surface area contributed by atoms with Crippen molar-refractivity contribution < 1.29 is 9.59 Å². The Labute approximate surface area is 151 Å². The number of carbonyl (C=O) groups is 2. The largest absolute Gasteiger partial charge is 0.340 e. The zero-order chi connectivity index (χ0) is 19.1. The van der Waals surface area contributed by atoms with Gasteiger partial charge in [0.15, 0.2) is 0 Å². The highest BCUT2D eigenvalue weighted by molar-refractivity contribution is 5.86. The van der Waals surface area contributed by atoms with Gasteiger partial charge in [-0.15, -0.1) is 0 Å². The fraction of sp³-hybridized carbons (Fsp3) is 0.667. The molecule has 1 aromatic heterocycles. The number of aromatic nitrogens is 2. The van der Waals surface area contributed by atoms with Gasteiger partial charge in [0.2, 0.25) is 11.8 Å². The molecule has 1 N–H and O–H groups in total. The Bertz CT molecular complexity index is 840. The molecule has 0 aliphatic carbocycles. The van der Waals surface area contributed by atoms with Crippen LogP contribution in [0.1, 0.15) is 38.7 Å². The Balaban J connectivity index is 1.73.